The van der Waals surface area contributed by atoms with Crippen LogP contribution in [0, 0.1) is 5.92 Å². The number of benzene rings is 1. The standard InChI is InChI=1S/C14H18O2.C5H11N/c1-3-10-6-12-5-4-11(8-13(12)7-10)9(2)14(15)16;1-2-4-6-5-3-1/h4-5,8-10H,3,6-7H2,1-2H3,(H,15,16);6H,1-5H2. The molecule has 0 bridgehead atoms. The van der Waals surface area contributed by atoms with E-state index in [0.29, 0.717) is 0 Å². The highest BCUT2D eigenvalue weighted by Gasteiger charge is 2.22. The molecule has 3 heteroatoms. The number of hydrogen-bond acceptors (Lipinski definition) is 2. The summed E-state index contributed by atoms with van der Waals surface area (Å²) in [4.78, 5) is 10.9. The first kappa shape index (κ1) is 17.0. The van der Waals surface area contributed by atoms with Gasteiger partial charge >= 0.3 is 5.97 Å². The highest BCUT2D eigenvalue weighted by Crippen LogP contribution is 2.31. The number of aliphatic carboxylic acids is 1. The molecule has 1 saturated heterocycles. The lowest BCUT2D eigenvalue weighted by atomic mass is 9.97. The predicted octanol–water partition coefficient (Wildman–Crippen LogP) is 3.76. The average molecular weight is 303 g/mol. The van der Waals surface area contributed by atoms with Crippen molar-refractivity contribution in [3.8, 4) is 0 Å². The number of carbonyl (C=O) groups is 1. The van der Waals surface area contributed by atoms with Crippen LogP contribution in [0.15, 0.2) is 18.2 Å². The smallest absolute Gasteiger partial charge is 0.310 e. The zero-order valence-electron chi connectivity index (χ0n) is 13.9. The van der Waals surface area contributed by atoms with Gasteiger partial charge in [0, 0.05) is 0 Å². The molecule has 1 aromatic rings. The summed E-state index contributed by atoms with van der Waals surface area (Å²) in [5.41, 5.74) is 3.70. The lowest BCUT2D eigenvalue weighted by Gasteiger charge is -2.08. The van der Waals surface area contributed by atoms with E-state index in [1.807, 2.05) is 6.07 Å². The highest BCUT2D eigenvalue weighted by molar-refractivity contribution is 5.75. The Morgan fingerprint density at radius 2 is 1.91 bits per heavy atom. The van der Waals surface area contributed by atoms with Gasteiger partial charge in [0.2, 0.25) is 0 Å². The molecule has 22 heavy (non-hydrogen) atoms. The summed E-state index contributed by atoms with van der Waals surface area (Å²) in [5, 5.41) is 12.3. The summed E-state index contributed by atoms with van der Waals surface area (Å²) in [6.07, 6.45) is 7.70. The maximum atomic E-state index is 10.9. The molecule has 0 spiro atoms. The van der Waals surface area contributed by atoms with E-state index in [9.17, 15) is 4.79 Å². The van der Waals surface area contributed by atoms with Crippen LogP contribution in [0.1, 0.15) is 62.1 Å². The van der Waals surface area contributed by atoms with Gasteiger partial charge in [0.15, 0.2) is 0 Å². The van der Waals surface area contributed by atoms with Crippen molar-refractivity contribution in [1.29, 1.82) is 0 Å². The fraction of sp³-hybridized carbons (Fsp3) is 0.632. The summed E-state index contributed by atoms with van der Waals surface area (Å²) in [7, 11) is 0. The first-order valence-corrected chi connectivity index (χ1v) is 8.67. The van der Waals surface area contributed by atoms with E-state index in [0.717, 1.165) is 24.3 Å². The van der Waals surface area contributed by atoms with E-state index in [1.165, 1.54) is 49.9 Å². The van der Waals surface area contributed by atoms with Crippen LogP contribution in [0.25, 0.3) is 0 Å². The Kier molecular flexibility index (Phi) is 6.44. The van der Waals surface area contributed by atoms with Crippen molar-refractivity contribution >= 4 is 5.97 Å². The van der Waals surface area contributed by atoms with Crippen LogP contribution < -0.4 is 5.32 Å². The van der Waals surface area contributed by atoms with Crippen molar-refractivity contribution < 1.29 is 9.90 Å². The van der Waals surface area contributed by atoms with Crippen LogP contribution >= 0.6 is 0 Å². The van der Waals surface area contributed by atoms with Crippen molar-refractivity contribution in [3.63, 3.8) is 0 Å². The van der Waals surface area contributed by atoms with Crippen molar-refractivity contribution in [2.45, 2.75) is 58.3 Å². The first-order chi connectivity index (χ1) is 10.6. The second-order valence-corrected chi connectivity index (χ2v) is 6.58. The molecule has 0 amide bonds. The second-order valence-electron chi connectivity index (χ2n) is 6.58. The van der Waals surface area contributed by atoms with Gasteiger partial charge in [-0.2, -0.15) is 0 Å². The maximum Gasteiger partial charge on any atom is 0.310 e. The molecular weight excluding hydrogens is 274 g/mol. The third-order valence-corrected chi connectivity index (χ3v) is 4.90. The van der Waals surface area contributed by atoms with E-state index in [1.54, 1.807) is 6.92 Å². The molecule has 1 aliphatic carbocycles. The first-order valence-electron chi connectivity index (χ1n) is 8.67. The van der Waals surface area contributed by atoms with Crippen LogP contribution in [0.3, 0.4) is 0 Å². The van der Waals surface area contributed by atoms with Gasteiger partial charge in [-0.25, -0.2) is 0 Å². The molecule has 0 radical (unpaired) electrons. The lowest BCUT2D eigenvalue weighted by Crippen LogP contribution is -2.21. The summed E-state index contributed by atoms with van der Waals surface area (Å²) in [5.74, 6) is -0.388. The predicted molar refractivity (Wildman–Crippen MR) is 90.4 cm³/mol. The van der Waals surface area contributed by atoms with Crippen LogP contribution in [-0.4, -0.2) is 24.2 Å². The number of rotatable bonds is 3. The summed E-state index contributed by atoms with van der Waals surface area (Å²) < 4.78 is 0. The van der Waals surface area contributed by atoms with E-state index < -0.39 is 11.9 Å². The van der Waals surface area contributed by atoms with Crippen molar-refractivity contribution in [1.82, 2.24) is 5.32 Å². The molecule has 2 unspecified atom stereocenters. The number of carboxylic acids is 1. The largest absolute Gasteiger partial charge is 0.481 e. The van der Waals surface area contributed by atoms with E-state index in [4.69, 9.17) is 5.11 Å². The molecule has 1 aromatic carbocycles. The maximum absolute atomic E-state index is 10.9. The van der Waals surface area contributed by atoms with Crippen molar-refractivity contribution in [2.75, 3.05) is 13.1 Å². The fourth-order valence-corrected chi connectivity index (χ4v) is 3.23. The van der Waals surface area contributed by atoms with Gasteiger partial charge in [-0.1, -0.05) is 38.0 Å². The lowest BCUT2D eigenvalue weighted by molar-refractivity contribution is -0.138. The zero-order chi connectivity index (χ0) is 15.9. The van der Waals surface area contributed by atoms with E-state index >= 15 is 0 Å². The van der Waals surface area contributed by atoms with E-state index in [2.05, 4.69) is 24.4 Å². The monoisotopic (exact) mass is 303 g/mol. The average Bonchev–Trinajstić information content (AvgIpc) is 2.98. The highest BCUT2D eigenvalue weighted by atomic mass is 16.4. The number of hydrogen-bond donors (Lipinski definition) is 2. The minimum absolute atomic E-state index is 0.397. The number of fused-ring (bicyclic) bond motifs is 1. The quantitative estimate of drug-likeness (QED) is 0.894. The van der Waals surface area contributed by atoms with Crippen molar-refractivity contribution in [2.24, 2.45) is 5.92 Å². The Balaban J connectivity index is 0.000000246. The van der Waals surface area contributed by atoms with Gasteiger partial charge < -0.3 is 10.4 Å². The topological polar surface area (TPSA) is 49.3 Å². The summed E-state index contributed by atoms with van der Waals surface area (Å²) in [6, 6.07) is 6.17. The van der Waals surface area contributed by atoms with Gasteiger partial charge in [0.25, 0.3) is 0 Å². The Bertz CT molecular complexity index is 483. The van der Waals surface area contributed by atoms with Gasteiger partial charge in [0.05, 0.1) is 5.92 Å². The summed E-state index contributed by atoms with van der Waals surface area (Å²) in [6.45, 7) is 6.47. The normalized spacial score (nSPS) is 21.5. The Labute approximate surface area is 134 Å². The third-order valence-electron chi connectivity index (χ3n) is 4.90. The Hall–Kier alpha value is -1.35. The molecule has 2 aliphatic rings. The number of piperidine rings is 1. The second kappa shape index (κ2) is 8.33. The molecule has 1 heterocycles. The minimum Gasteiger partial charge on any atom is -0.481 e. The van der Waals surface area contributed by atoms with Crippen LogP contribution in [0.5, 0.6) is 0 Å². The zero-order valence-corrected chi connectivity index (χ0v) is 13.9. The van der Waals surface area contributed by atoms with Crippen LogP contribution in [-0.2, 0) is 17.6 Å². The fourth-order valence-electron chi connectivity index (χ4n) is 3.23. The van der Waals surface area contributed by atoms with E-state index in [-0.39, 0.29) is 0 Å². The summed E-state index contributed by atoms with van der Waals surface area (Å²) >= 11 is 0. The Morgan fingerprint density at radius 3 is 2.41 bits per heavy atom. The third kappa shape index (κ3) is 4.57. The molecule has 1 fully saturated rings. The molecule has 0 saturated carbocycles. The van der Waals surface area contributed by atoms with Crippen LogP contribution in [0.2, 0.25) is 0 Å². The Morgan fingerprint density at radius 1 is 1.23 bits per heavy atom. The van der Waals surface area contributed by atoms with Crippen molar-refractivity contribution in [3.05, 3.63) is 34.9 Å². The molecule has 2 N–H and O–H groups in total. The van der Waals surface area contributed by atoms with Gasteiger partial charge in [-0.15, -0.1) is 0 Å². The molecule has 3 nitrogen and oxygen atoms in total. The van der Waals surface area contributed by atoms with Crippen LogP contribution in [0.4, 0.5) is 0 Å². The number of carboxylic acid groups (broad SMARTS) is 1. The molecule has 1 aliphatic heterocycles. The SMILES string of the molecule is C1CCNCC1.CCC1Cc2ccc(C(C)C(=O)O)cc2C1. The van der Waals surface area contributed by atoms with Gasteiger partial charge in [0.1, 0.15) is 0 Å². The molecule has 122 valence electrons. The number of nitrogens with one attached hydrogen (secondary N) is 1. The van der Waals surface area contributed by atoms with Gasteiger partial charge in [-0.3, -0.25) is 4.79 Å². The molecule has 2 atom stereocenters. The molecule has 0 aromatic heterocycles. The molecular formula is C19H29NO2. The van der Waals surface area contributed by atoms with Gasteiger partial charge in [-0.05, 0) is 68.3 Å². The molecule has 3 rings (SSSR count). The minimum atomic E-state index is -0.745.